The van der Waals surface area contributed by atoms with Crippen LogP contribution in [0.2, 0.25) is 0 Å². The molecule has 0 bridgehead atoms. The fourth-order valence-electron chi connectivity index (χ4n) is 1.53. The number of nitrogens with one attached hydrogen (secondary N) is 2. The molecule has 1 atom stereocenters. The van der Waals surface area contributed by atoms with Crippen molar-refractivity contribution in [3.63, 3.8) is 0 Å². The molecule has 76 valence electrons. The van der Waals surface area contributed by atoms with Crippen molar-refractivity contribution in [1.82, 2.24) is 20.2 Å². The average Bonchev–Trinajstić information content (AvgIpc) is 2.74. The molecule has 0 aromatic carbocycles. The lowest BCUT2D eigenvalue weighted by atomic mass is 10.0. The largest absolute Gasteiger partial charge is 0.344 e. The smallest absolute Gasteiger partial charge is 0.273 e. The van der Waals surface area contributed by atoms with Crippen molar-refractivity contribution in [2.24, 2.45) is 0 Å². The minimum absolute atomic E-state index is 0.134. The van der Waals surface area contributed by atoms with Crippen LogP contribution in [0.25, 0.3) is 0 Å². The highest BCUT2D eigenvalue weighted by molar-refractivity contribution is 7.03. The summed E-state index contributed by atoms with van der Waals surface area (Å²) in [7, 11) is 0. The molecule has 1 amide bonds. The molecule has 1 unspecified atom stereocenters. The van der Waals surface area contributed by atoms with Crippen molar-refractivity contribution in [3.8, 4) is 0 Å². The highest BCUT2D eigenvalue weighted by atomic mass is 32.1. The third kappa shape index (κ3) is 1.91. The topological polar surface area (TPSA) is 66.9 Å². The summed E-state index contributed by atoms with van der Waals surface area (Å²) in [5.41, 5.74) is 0.267. The average molecular weight is 212 g/mol. The van der Waals surface area contributed by atoms with Gasteiger partial charge in [0.2, 0.25) is 0 Å². The van der Waals surface area contributed by atoms with Gasteiger partial charge in [-0.1, -0.05) is 4.49 Å². The van der Waals surface area contributed by atoms with Crippen LogP contribution in [-0.4, -0.2) is 34.1 Å². The summed E-state index contributed by atoms with van der Waals surface area (Å²) in [4.78, 5) is 11.6. The Bertz CT molecular complexity index is 318. The molecule has 14 heavy (non-hydrogen) atoms. The lowest BCUT2D eigenvalue weighted by molar-refractivity contribution is 0.0908. The van der Waals surface area contributed by atoms with E-state index in [1.54, 1.807) is 5.38 Å². The molecule has 1 fully saturated rings. The summed E-state index contributed by atoms with van der Waals surface area (Å²) in [6.07, 6.45) is 0.955. The summed E-state index contributed by atoms with van der Waals surface area (Å²) >= 11 is 1.19. The maximum atomic E-state index is 11.6. The van der Waals surface area contributed by atoms with Gasteiger partial charge in [0.25, 0.3) is 5.91 Å². The summed E-state index contributed by atoms with van der Waals surface area (Å²) in [5, 5.41) is 11.6. The van der Waals surface area contributed by atoms with Crippen LogP contribution in [0.4, 0.5) is 0 Å². The minimum Gasteiger partial charge on any atom is -0.344 e. The van der Waals surface area contributed by atoms with Gasteiger partial charge in [-0.3, -0.25) is 4.79 Å². The van der Waals surface area contributed by atoms with Crippen LogP contribution >= 0.6 is 11.5 Å². The summed E-state index contributed by atoms with van der Waals surface area (Å²) in [6.45, 7) is 3.80. The zero-order chi connectivity index (χ0) is 10.0. The number of hydrogen-bond donors (Lipinski definition) is 2. The maximum Gasteiger partial charge on any atom is 0.273 e. The molecule has 1 aromatic rings. The monoisotopic (exact) mass is 212 g/mol. The van der Waals surface area contributed by atoms with Gasteiger partial charge in [0, 0.05) is 11.9 Å². The number of carbonyl (C=O) groups is 1. The third-order valence-corrected chi connectivity index (χ3v) is 2.88. The standard InChI is InChI=1S/C8H12N4OS/c1-8(2-3-9-5-8)10-7(13)6-4-14-12-11-6/h4,9H,2-3,5H2,1H3,(H,10,13). The van der Waals surface area contributed by atoms with Gasteiger partial charge < -0.3 is 10.6 Å². The molecule has 1 aliphatic heterocycles. The lowest BCUT2D eigenvalue weighted by Crippen LogP contribution is -2.47. The van der Waals surface area contributed by atoms with E-state index in [1.807, 2.05) is 6.92 Å². The summed E-state index contributed by atoms with van der Waals surface area (Å²) in [6, 6.07) is 0. The van der Waals surface area contributed by atoms with Crippen LogP contribution in [0.15, 0.2) is 5.38 Å². The van der Waals surface area contributed by atoms with Crippen LogP contribution in [-0.2, 0) is 0 Å². The predicted octanol–water partition coefficient (Wildman–Crippen LogP) is 0.0199. The van der Waals surface area contributed by atoms with E-state index in [0.29, 0.717) is 5.69 Å². The molecule has 2 N–H and O–H groups in total. The van der Waals surface area contributed by atoms with Gasteiger partial charge in [0.15, 0.2) is 5.69 Å². The molecule has 0 radical (unpaired) electrons. The zero-order valence-electron chi connectivity index (χ0n) is 7.91. The number of hydrogen-bond acceptors (Lipinski definition) is 5. The van der Waals surface area contributed by atoms with Crippen LogP contribution in [0.5, 0.6) is 0 Å². The third-order valence-electron chi connectivity index (χ3n) is 2.38. The van der Waals surface area contributed by atoms with E-state index in [1.165, 1.54) is 11.5 Å². The Kier molecular flexibility index (Phi) is 2.47. The fraction of sp³-hybridized carbons (Fsp3) is 0.625. The van der Waals surface area contributed by atoms with Gasteiger partial charge in [0.1, 0.15) is 0 Å². The second-order valence-electron chi connectivity index (χ2n) is 3.73. The molecule has 2 heterocycles. The molecule has 0 aliphatic carbocycles. The highest BCUT2D eigenvalue weighted by Crippen LogP contribution is 2.13. The van der Waals surface area contributed by atoms with E-state index in [2.05, 4.69) is 20.2 Å². The highest BCUT2D eigenvalue weighted by Gasteiger charge is 2.30. The van der Waals surface area contributed by atoms with Crippen molar-refractivity contribution >= 4 is 17.4 Å². The van der Waals surface area contributed by atoms with E-state index in [9.17, 15) is 4.79 Å². The first-order chi connectivity index (χ1) is 6.70. The predicted molar refractivity (Wildman–Crippen MR) is 53.3 cm³/mol. The SMILES string of the molecule is CC1(NC(=O)c2csnn2)CCNC1. The molecule has 5 nitrogen and oxygen atoms in total. The van der Waals surface area contributed by atoms with Crippen molar-refractivity contribution in [2.45, 2.75) is 18.9 Å². The van der Waals surface area contributed by atoms with Crippen LogP contribution in [0.1, 0.15) is 23.8 Å². The molecule has 1 aliphatic rings. The fourth-order valence-corrected chi connectivity index (χ4v) is 1.96. The molecule has 6 heteroatoms. The first kappa shape index (κ1) is 9.54. The van der Waals surface area contributed by atoms with Gasteiger partial charge in [-0.15, -0.1) is 5.10 Å². The number of carbonyl (C=O) groups excluding carboxylic acids is 1. The van der Waals surface area contributed by atoms with Crippen molar-refractivity contribution < 1.29 is 4.79 Å². The second kappa shape index (κ2) is 3.62. The first-order valence-corrected chi connectivity index (χ1v) is 5.34. The molecule has 0 spiro atoms. The molecule has 0 saturated carbocycles. The summed E-state index contributed by atoms with van der Waals surface area (Å²) in [5.74, 6) is -0.134. The van der Waals surface area contributed by atoms with Gasteiger partial charge in [0.05, 0.1) is 5.54 Å². The Morgan fingerprint density at radius 1 is 1.79 bits per heavy atom. The molecule has 1 saturated heterocycles. The molecular weight excluding hydrogens is 200 g/mol. The minimum atomic E-state index is -0.138. The quantitative estimate of drug-likeness (QED) is 0.725. The van der Waals surface area contributed by atoms with Crippen molar-refractivity contribution in [2.75, 3.05) is 13.1 Å². The molecular formula is C8H12N4OS. The van der Waals surface area contributed by atoms with Crippen molar-refractivity contribution in [3.05, 3.63) is 11.1 Å². The Morgan fingerprint density at radius 3 is 3.21 bits per heavy atom. The summed E-state index contributed by atoms with van der Waals surface area (Å²) < 4.78 is 3.66. The molecule has 1 aromatic heterocycles. The Balaban J connectivity index is 2.01. The lowest BCUT2D eigenvalue weighted by Gasteiger charge is -2.23. The van der Waals surface area contributed by atoms with Crippen LogP contribution < -0.4 is 10.6 Å². The Hall–Kier alpha value is -1.01. The number of amides is 1. The van der Waals surface area contributed by atoms with E-state index in [-0.39, 0.29) is 11.4 Å². The first-order valence-electron chi connectivity index (χ1n) is 4.50. The molecule has 2 rings (SSSR count). The maximum absolute atomic E-state index is 11.6. The van der Waals surface area contributed by atoms with Gasteiger partial charge in [-0.05, 0) is 31.4 Å². The Morgan fingerprint density at radius 2 is 2.64 bits per heavy atom. The van der Waals surface area contributed by atoms with E-state index in [4.69, 9.17) is 0 Å². The van der Waals surface area contributed by atoms with E-state index < -0.39 is 0 Å². The van der Waals surface area contributed by atoms with Gasteiger partial charge in [-0.25, -0.2) is 0 Å². The zero-order valence-corrected chi connectivity index (χ0v) is 8.73. The second-order valence-corrected chi connectivity index (χ2v) is 4.34. The van der Waals surface area contributed by atoms with Crippen molar-refractivity contribution in [1.29, 1.82) is 0 Å². The Labute approximate surface area is 86.1 Å². The van der Waals surface area contributed by atoms with E-state index in [0.717, 1.165) is 19.5 Å². The van der Waals surface area contributed by atoms with Crippen LogP contribution in [0.3, 0.4) is 0 Å². The number of aromatic nitrogens is 2. The van der Waals surface area contributed by atoms with Crippen LogP contribution in [0, 0.1) is 0 Å². The van der Waals surface area contributed by atoms with Gasteiger partial charge in [-0.2, -0.15) is 0 Å². The number of nitrogens with zero attached hydrogens (tertiary/aromatic N) is 2. The number of rotatable bonds is 2. The normalized spacial score (nSPS) is 26.4. The van der Waals surface area contributed by atoms with Gasteiger partial charge >= 0.3 is 0 Å². The van der Waals surface area contributed by atoms with E-state index >= 15 is 0 Å².